The maximum atomic E-state index is 12.7. The van der Waals surface area contributed by atoms with Crippen LogP contribution in [0.4, 0.5) is 5.69 Å². The molecule has 146 valence electrons. The van der Waals surface area contributed by atoms with Crippen molar-refractivity contribution >= 4 is 23.6 Å². The lowest BCUT2D eigenvalue weighted by atomic mass is 10.1. The van der Waals surface area contributed by atoms with Gasteiger partial charge in [0, 0.05) is 19.7 Å². The van der Waals surface area contributed by atoms with Crippen molar-refractivity contribution in [3.05, 3.63) is 107 Å². The molecule has 4 heteroatoms. The second kappa shape index (κ2) is 9.51. The molecule has 0 aliphatic rings. The summed E-state index contributed by atoms with van der Waals surface area (Å²) in [6, 6.07) is 24.7. The van der Waals surface area contributed by atoms with Crippen LogP contribution in [0.15, 0.2) is 84.9 Å². The Balaban J connectivity index is 1.71. The van der Waals surface area contributed by atoms with Gasteiger partial charge in [0.15, 0.2) is 0 Å². The molecule has 0 saturated carbocycles. The summed E-state index contributed by atoms with van der Waals surface area (Å²) in [6.07, 6.45) is 3.29. The van der Waals surface area contributed by atoms with Crippen molar-refractivity contribution in [3.8, 4) is 0 Å². The lowest BCUT2D eigenvalue weighted by Crippen LogP contribution is -2.29. The fraction of sp³-hybridized carbons (Fsp3) is 0.120. The zero-order valence-corrected chi connectivity index (χ0v) is 16.6. The van der Waals surface area contributed by atoms with Crippen molar-refractivity contribution in [2.24, 2.45) is 0 Å². The molecular formula is C25H24N2O2. The number of hydrogen-bond donors (Lipinski definition) is 1. The van der Waals surface area contributed by atoms with Gasteiger partial charge in [-0.2, -0.15) is 0 Å². The molecule has 0 aliphatic carbocycles. The third-order valence-corrected chi connectivity index (χ3v) is 4.63. The number of anilines is 1. The van der Waals surface area contributed by atoms with Gasteiger partial charge in [0.25, 0.3) is 11.8 Å². The van der Waals surface area contributed by atoms with E-state index in [1.54, 1.807) is 31.3 Å². The number of nitrogens with one attached hydrogen (secondary N) is 1. The van der Waals surface area contributed by atoms with E-state index in [9.17, 15) is 9.59 Å². The molecular weight excluding hydrogens is 360 g/mol. The Morgan fingerprint density at radius 3 is 2.28 bits per heavy atom. The Bertz CT molecular complexity index is 1010. The van der Waals surface area contributed by atoms with Gasteiger partial charge in [-0.25, -0.2) is 0 Å². The molecule has 0 heterocycles. The van der Waals surface area contributed by atoms with Crippen molar-refractivity contribution in [1.82, 2.24) is 5.32 Å². The number of rotatable bonds is 6. The van der Waals surface area contributed by atoms with Crippen LogP contribution >= 0.6 is 0 Å². The summed E-state index contributed by atoms with van der Waals surface area (Å²) in [5.74, 6) is -0.416. The minimum Gasteiger partial charge on any atom is -0.348 e. The Kier molecular flexibility index (Phi) is 6.59. The highest BCUT2D eigenvalue weighted by molar-refractivity contribution is 6.08. The van der Waals surface area contributed by atoms with Crippen molar-refractivity contribution in [2.75, 3.05) is 11.9 Å². The number of para-hydroxylation sites is 1. The second-order valence-corrected chi connectivity index (χ2v) is 6.83. The first-order valence-electron chi connectivity index (χ1n) is 9.48. The van der Waals surface area contributed by atoms with Crippen molar-refractivity contribution < 1.29 is 9.59 Å². The quantitative estimate of drug-likeness (QED) is 0.632. The number of nitrogens with zero attached hydrogens (tertiary/aromatic N) is 1. The normalized spacial score (nSPS) is 10.7. The highest BCUT2D eigenvalue weighted by Gasteiger charge is 2.16. The number of amides is 2. The van der Waals surface area contributed by atoms with Gasteiger partial charge in [-0.3, -0.25) is 9.59 Å². The van der Waals surface area contributed by atoms with Crippen LogP contribution in [0, 0.1) is 6.92 Å². The molecule has 0 saturated heterocycles. The Hall–Kier alpha value is -3.66. The molecule has 0 unspecified atom stereocenters. The lowest BCUT2D eigenvalue weighted by Gasteiger charge is -2.19. The average molecular weight is 384 g/mol. The molecule has 3 rings (SSSR count). The molecule has 0 aromatic heterocycles. The Morgan fingerprint density at radius 1 is 0.897 bits per heavy atom. The van der Waals surface area contributed by atoms with E-state index in [0.29, 0.717) is 17.8 Å². The van der Waals surface area contributed by atoms with Gasteiger partial charge in [-0.05, 0) is 36.3 Å². The minimum absolute atomic E-state index is 0.200. The molecule has 0 aliphatic heterocycles. The van der Waals surface area contributed by atoms with Crippen molar-refractivity contribution in [2.45, 2.75) is 13.5 Å². The summed E-state index contributed by atoms with van der Waals surface area (Å²) in [5.41, 5.74) is 4.16. The van der Waals surface area contributed by atoms with Gasteiger partial charge in [0.2, 0.25) is 0 Å². The van der Waals surface area contributed by atoms with Gasteiger partial charge in [0.1, 0.15) is 0 Å². The SMILES string of the molecule is Cc1ccc(C=CC(=O)N(C)c2ccccc2C(=O)NCc2ccccc2)cc1. The molecule has 0 spiro atoms. The van der Waals surface area contributed by atoms with Crippen molar-refractivity contribution in [3.63, 3.8) is 0 Å². The minimum atomic E-state index is -0.216. The molecule has 4 nitrogen and oxygen atoms in total. The number of benzene rings is 3. The first kappa shape index (κ1) is 20.1. The van der Waals surface area contributed by atoms with E-state index in [1.165, 1.54) is 16.5 Å². The highest BCUT2D eigenvalue weighted by Crippen LogP contribution is 2.20. The summed E-state index contributed by atoms with van der Waals surface area (Å²) < 4.78 is 0. The zero-order chi connectivity index (χ0) is 20.6. The fourth-order valence-corrected chi connectivity index (χ4v) is 2.91. The van der Waals surface area contributed by atoms with Crippen LogP contribution < -0.4 is 10.2 Å². The van der Waals surface area contributed by atoms with E-state index < -0.39 is 0 Å². The molecule has 29 heavy (non-hydrogen) atoms. The molecule has 3 aromatic rings. The number of hydrogen-bond acceptors (Lipinski definition) is 2. The summed E-state index contributed by atoms with van der Waals surface area (Å²) in [7, 11) is 1.67. The lowest BCUT2D eigenvalue weighted by molar-refractivity contribution is -0.113. The maximum Gasteiger partial charge on any atom is 0.253 e. The first-order chi connectivity index (χ1) is 14.0. The van der Waals surface area contributed by atoms with Crippen LogP contribution in [0.1, 0.15) is 27.0 Å². The highest BCUT2D eigenvalue weighted by atomic mass is 16.2. The van der Waals surface area contributed by atoms with E-state index in [1.807, 2.05) is 67.6 Å². The third-order valence-electron chi connectivity index (χ3n) is 4.63. The van der Waals surface area contributed by atoms with E-state index in [4.69, 9.17) is 0 Å². The molecule has 3 aromatic carbocycles. The summed E-state index contributed by atoms with van der Waals surface area (Å²) in [4.78, 5) is 26.8. The van der Waals surface area contributed by atoms with Crippen LogP contribution in [-0.2, 0) is 11.3 Å². The van der Waals surface area contributed by atoms with Gasteiger partial charge >= 0.3 is 0 Å². The standard InChI is InChI=1S/C25H24N2O2/c1-19-12-14-20(15-13-19)16-17-24(28)27(2)23-11-7-6-10-22(23)25(29)26-18-21-8-4-3-5-9-21/h3-17H,18H2,1-2H3,(H,26,29). The maximum absolute atomic E-state index is 12.7. The molecule has 0 fully saturated rings. The number of carbonyl (C=O) groups is 2. The smallest absolute Gasteiger partial charge is 0.253 e. The van der Waals surface area contributed by atoms with E-state index in [2.05, 4.69) is 5.32 Å². The van der Waals surface area contributed by atoms with E-state index in [0.717, 1.165) is 11.1 Å². The van der Waals surface area contributed by atoms with Gasteiger partial charge in [-0.15, -0.1) is 0 Å². The Morgan fingerprint density at radius 2 is 1.55 bits per heavy atom. The monoisotopic (exact) mass is 384 g/mol. The number of aryl methyl sites for hydroxylation is 1. The summed E-state index contributed by atoms with van der Waals surface area (Å²) >= 11 is 0. The van der Waals surface area contributed by atoms with Crippen LogP contribution in [0.5, 0.6) is 0 Å². The number of carbonyl (C=O) groups excluding carboxylic acids is 2. The third kappa shape index (κ3) is 5.42. The van der Waals surface area contributed by atoms with Gasteiger partial charge < -0.3 is 10.2 Å². The zero-order valence-electron chi connectivity index (χ0n) is 16.6. The molecule has 0 atom stereocenters. The summed E-state index contributed by atoms with van der Waals surface area (Å²) in [5, 5.41) is 2.92. The average Bonchev–Trinajstić information content (AvgIpc) is 2.77. The molecule has 0 bridgehead atoms. The predicted octanol–water partition coefficient (Wildman–Crippen LogP) is 4.60. The van der Waals surface area contributed by atoms with E-state index >= 15 is 0 Å². The second-order valence-electron chi connectivity index (χ2n) is 6.83. The van der Waals surface area contributed by atoms with Crippen LogP contribution in [0.25, 0.3) is 6.08 Å². The molecule has 2 amide bonds. The van der Waals surface area contributed by atoms with Crippen molar-refractivity contribution in [1.29, 1.82) is 0 Å². The summed E-state index contributed by atoms with van der Waals surface area (Å²) in [6.45, 7) is 2.45. The van der Waals surface area contributed by atoms with Crippen LogP contribution in [0.3, 0.4) is 0 Å². The van der Waals surface area contributed by atoms with E-state index in [-0.39, 0.29) is 11.8 Å². The van der Waals surface area contributed by atoms with Crippen LogP contribution in [0.2, 0.25) is 0 Å². The number of likely N-dealkylation sites (N-methyl/N-ethyl adjacent to an activating group) is 1. The topological polar surface area (TPSA) is 49.4 Å². The molecule has 1 N–H and O–H groups in total. The largest absolute Gasteiger partial charge is 0.348 e. The van der Waals surface area contributed by atoms with Gasteiger partial charge in [-0.1, -0.05) is 72.3 Å². The fourth-order valence-electron chi connectivity index (χ4n) is 2.91. The van der Waals surface area contributed by atoms with Gasteiger partial charge in [0.05, 0.1) is 11.3 Å². The van der Waals surface area contributed by atoms with Crippen LogP contribution in [-0.4, -0.2) is 18.9 Å². The first-order valence-corrected chi connectivity index (χ1v) is 9.48. The Labute approximate surface area is 171 Å². The molecule has 0 radical (unpaired) electrons. The predicted molar refractivity (Wildman–Crippen MR) is 118 cm³/mol.